The first-order valence-electron chi connectivity index (χ1n) is 9.03. The minimum absolute atomic E-state index is 0.197. The van der Waals surface area contributed by atoms with E-state index in [2.05, 4.69) is 0 Å². The van der Waals surface area contributed by atoms with Gasteiger partial charge in [-0.05, 0) is 29.8 Å². The van der Waals surface area contributed by atoms with Crippen molar-refractivity contribution in [2.75, 3.05) is 13.2 Å². The Morgan fingerprint density at radius 3 is 1.96 bits per heavy atom. The number of carbonyl (C=O) groups excluding carboxylic acids is 2. The number of rotatable bonds is 5. The zero-order chi connectivity index (χ0) is 19.3. The first-order chi connectivity index (χ1) is 13.7. The van der Waals surface area contributed by atoms with Gasteiger partial charge in [0, 0.05) is 16.7 Å². The molecule has 0 bridgehead atoms. The Balaban J connectivity index is 1.73. The highest BCUT2D eigenvalue weighted by Crippen LogP contribution is 2.31. The van der Waals surface area contributed by atoms with Gasteiger partial charge in [0.2, 0.25) is 0 Å². The minimum Gasteiger partial charge on any atom is -0.486 e. The predicted molar refractivity (Wildman–Crippen MR) is 107 cm³/mol. The van der Waals surface area contributed by atoms with E-state index >= 15 is 0 Å². The number of hydrogen-bond donors (Lipinski definition) is 0. The Kier molecular flexibility index (Phi) is 5.02. The van der Waals surface area contributed by atoms with E-state index in [0.717, 1.165) is 0 Å². The number of Topliss-reactive ketones (excluding diaryl/α,β-unsaturated/α-hetero) is 1. The van der Waals surface area contributed by atoms with Crippen LogP contribution in [0, 0.1) is 0 Å². The summed E-state index contributed by atoms with van der Waals surface area (Å²) in [6, 6.07) is 23.2. The van der Waals surface area contributed by atoms with Crippen molar-refractivity contribution < 1.29 is 19.1 Å². The molecule has 1 heterocycles. The van der Waals surface area contributed by atoms with E-state index in [9.17, 15) is 9.59 Å². The number of fused-ring (bicyclic) bond motifs is 1. The number of ketones is 2. The van der Waals surface area contributed by atoms with Crippen LogP contribution in [0.4, 0.5) is 0 Å². The lowest BCUT2D eigenvalue weighted by Crippen LogP contribution is -2.15. The van der Waals surface area contributed by atoms with E-state index in [1.807, 2.05) is 36.4 Å². The summed E-state index contributed by atoms with van der Waals surface area (Å²) >= 11 is 0. The molecule has 0 aromatic heterocycles. The van der Waals surface area contributed by atoms with E-state index in [4.69, 9.17) is 9.47 Å². The molecule has 0 saturated carbocycles. The maximum Gasteiger partial charge on any atom is 0.193 e. The Morgan fingerprint density at radius 1 is 0.679 bits per heavy atom. The van der Waals surface area contributed by atoms with Crippen LogP contribution in [0.5, 0.6) is 11.5 Å². The molecule has 3 aromatic rings. The molecule has 1 aliphatic rings. The first-order valence-corrected chi connectivity index (χ1v) is 9.03. The van der Waals surface area contributed by atoms with Gasteiger partial charge in [-0.3, -0.25) is 9.59 Å². The average molecular weight is 370 g/mol. The fourth-order valence-electron chi connectivity index (χ4n) is 3.05. The SMILES string of the molecule is O=C(/C=C(/C(=O)c1ccccc1)c1ccccc1)c1ccc2c(c1)OCCO2. The highest BCUT2D eigenvalue weighted by atomic mass is 16.6. The molecule has 4 heteroatoms. The third-order valence-electron chi connectivity index (χ3n) is 4.47. The highest BCUT2D eigenvalue weighted by Gasteiger charge is 2.18. The fourth-order valence-corrected chi connectivity index (χ4v) is 3.05. The van der Waals surface area contributed by atoms with Gasteiger partial charge < -0.3 is 9.47 Å². The van der Waals surface area contributed by atoms with Crippen molar-refractivity contribution in [1.29, 1.82) is 0 Å². The van der Waals surface area contributed by atoms with Gasteiger partial charge in [0.15, 0.2) is 23.1 Å². The topological polar surface area (TPSA) is 52.6 Å². The summed E-state index contributed by atoms with van der Waals surface area (Å²) in [5.41, 5.74) is 2.03. The van der Waals surface area contributed by atoms with Gasteiger partial charge in [-0.1, -0.05) is 60.7 Å². The lowest BCUT2D eigenvalue weighted by atomic mass is 9.94. The fraction of sp³-hybridized carbons (Fsp3) is 0.0833. The van der Waals surface area contributed by atoms with E-state index in [1.165, 1.54) is 6.08 Å². The van der Waals surface area contributed by atoms with E-state index in [0.29, 0.717) is 47.0 Å². The molecular formula is C24H18O4. The van der Waals surface area contributed by atoms with E-state index < -0.39 is 0 Å². The van der Waals surface area contributed by atoms with Crippen molar-refractivity contribution in [3.8, 4) is 11.5 Å². The van der Waals surface area contributed by atoms with Crippen LogP contribution in [-0.4, -0.2) is 24.8 Å². The minimum atomic E-state index is -0.264. The molecule has 0 radical (unpaired) electrons. The maximum atomic E-state index is 13.1. The molecule has 0 fully saturated rings. The highest BCUT2D eigenvalue weighted by molar-refractivity contribution is 6.32. The summed E-state index contributed by atoms with van der Waals surface area (Å²) in [5, 5.41) is 0. The second-order valence-electron chi connectivity index (χ2n) is 6.34. The Morgan fingerprint density at radius 2 is 1.29 bits per heavy atom. The lowest BCUT2D eigenvalue weighted by Gasteiger charge is -2.18. The molecule has 0 atom stereocenters. The third-order valence-corrected chi connectivity index (χ3v) is 4.47. The zero-order valence-corrected chi connectivity index (χ0v) is 15.1. The molecule has 28 heavy (non-hydrogen) atoms. The molecule has 0 saturated heterocycles. The van der Waals surface area contributed by atoms with Gasteiger partial charge >= 0.3 is 0 Å². The summed E-state index contributed by atoms with van der Waals surface area (Å²) < 4.78 is 11.1. The van der Waals surface area contributed by atoms with Crippen LogP contribution in [0.25, 0.3) is 5.57 Å². The van der Waals surface area contributed by atoms with Crippen LogP contribution in [0.3, 0.4) is 0 Å². The summed E-state index contributed by atoms with van der Waals surface area (Å²) in [7, 11) is 0. The molecular weight excluding hydrogens is 352 g/mol. The molecule has 0 N–H and O–H groups in total. The molecule has 0 spiro atoms. The van der Waals surface area contributed by atoms with Crippen molar-refractivity contribution >= 4 is 17.1 Å². The van der Waals surface area contributed by atoms with Gasteiger partial charge in [-0.2, -0.15) is 0 Å². The maximum absolute atomic E-state index is 13.1. The normalized spacial score (nSPS) is 13.1. The van der Waals surface area contributed by atoms with Crippen LogP contribution < -0.4 is 9.47 Å². The van der Waals surface area contributed by atoms with Crippen molar-refractivity contribution in [2.24, 2.45) is 0 Å². The largest absolute Gasteiger partial charge is 0.486 e. The molecule has 1 aliphatic heterocycles. The second kappa shape index (κ2) is 7.92. The standard InChI is InChI=1S/C24H18O4/c25-21(19-11-12-22-23(15-19)28-14-13-27-22)16-20(17-7-3-1-4-8-17)24(26)18-9-5-2-6-10-18/h1-12,15-16H,13-14H2/b20-16+. The van der Waals surface area contributed by atoms with Crippen LogP contribution in [0.2, 0.25) is 0 Å². The molecule has 4 rings (SSSR count). The predicted octanol–water partition coefficient (Wildman–Crippen LogP) is 4.61. The van der Waals surface area contributed by atoms with E-state index in [1.54, 1.807) is 42.5 Å². The van der Waals surface area contributed by atoms with Crippen LogP contribution in [-0.2, 0) is 0 Å². The molecule has 0 unspecified atom stereocenters. The Bertz CT molecular complexity index is 1040. The molecule has 138 valence electrons. The average Bonchev–Trinajstić information content (AvgIpc) is 2.77. The lowest BCUT2D eigenvalue weighted by molar-refractivity contribution is 0.102. The van der Waals surface area contributed by atoms with Gasteiger partial charge in [0.1, 0.15) is 13.2 Å². The summed E-state index contributed by atoms with van der Waals surface area (Å²) in [6.45, 7) is 0.937. The van der Waals surface area contributed by atoms with Crippen molar-refractivity contribution in [3.05, 3.63) is 102 Å². The van der Waals surface area contributed by atoms with Gasteiger partial charge in [-0.25, -0.2) is 0 Å². The van der Waals surface area contributed by atoms with Crippen molar-refractivity contribution in [1.82, 2.24) is 0 Å². The summed E-state index contributed by atoms with van der Waals surface area (Å²) in [5.74, 6) is 0.703. The van der Waals surface area contributed by atoms with Crippen molar-refractivity contribution in [2.45, 2.75) is 0 Å². The summed E-state index contributed by atoms with van der Waals surface area (Å²) in [4.78, 5) is 26.0. The molecule has 0 amide bonds. The van der Waals surface area contributed by atoms with Gasteiger partial charge in [0.05, 0.1) is 0 Å². The smallest absolute Gasteiger partial charge is 0.193 e. The number of hydrogen-bond acceptors (Lipinski definition) is 4. The molecule has 3 aromatic carbocycles. The van der Waals surface area contributed by atoms with Crippen LogP contribution >= 0.6 is 0 Å². The van der Waals surface area contributed by atoms with Crippen molar-refractivity contribution in [3.63, 3.8) is 0 Å². The quantitative estimate of drug-likeness (QED) is 0.486. The second-order valence-corrected chi connectivity index (χ2v) is 6.34. The Labute approximate surface area is 163 Å². The Hall–Kier alpha value is -3.66. The monoisotopic (exact) mass is 370 g/mol. The zero-order valence-electron chi connectivity index (χ0n) is 15.1. The van der Waals surface area contributed by atoms with Crippen LogP contribution in [0.15, 0.2) is 84.9 Å². The molecule has 4 nitrogen and oxygen atoms in total. The summed E-state index contributed by atoms with van der Waals surface area (Å²) in [6.07, 6.45) is 1.40. The number of benzene rings is 3. The number of ether oxygens (including phenoxy) is 2. The number of carbonyl (C=O) groups is 2. The molecule has 0 aliphatic carbocycles. The van der Waals surface area contributed by atoms with Gasteiger partial charge in [0.25, 0.3) is 0 Å². The number of allylic oxidation sites excluding steroid dienone is 2. The van der Waals surface area contributed by atoms with E-state index in [-0.39, 0.29) is 11.6 Å². The third kappa shape index (κ3) is 3.71. The first kappa shape index (κ1) is 17.7. The van der Waals surface area contributed by atoms with Crippen LogP contribution in [0.1, 0.15) is 26.3 Å². The van der Waals surface area contributed by atoms with Gasteiger partial charge in [-0.15, -0.1) is 0 Å².